The number of fused-ring (bicyclic) bond motifs is 1. The number of hydrogen-bond donors (Lipinski definition) is 1. The van der Waals surface area contributed by atoms with E-state index in [9.17, 15) is 4.79 Å². The predicted molar refractivity (Wildman–Crippen MR) is 72.9 cm³/mol. The molecule has 1 aromatic carbocycles. The summed E-state index contributed by atoms with van der Waals surface area (Å²) >= 11 is 7.03. The second-order valence-corrected chi connectivity index (χ2v) is 5.24. The van der Waals surface area contributed by atoms with E-state index in [1.165, 1.54) is 16.9 Å². The van der Waals surface area contributed by atoms with Crippen LogP contribution in [0.25, 0.3) is 10.2 Å². The molecule has 90 valence electrons. The van der Waals surface area contributed by atoms with E-state index in [4.69, 9.17) is 11.6 Å². The Morgan fingerprint density at radius 3 is 3.12 bits per heavy atom. The van der Waals surface area contributed by atoms with Crippen molar-refractivity contribution in [2.45, 2.75) is 19.8 Å². The van der Waals surface area contributed by atoms with Gasteiger partial charge in [-0.25, -0.2) is 4.98 Å². The largest absolute Gasteiger partial charge is 0.302 e. The van der Waals surface area contributed by atoms with E-state index in [0.29, 0.717) is 23.9 Å². The molecular formula is C12H13ClN2OS. The van der Waals surface area contributed by atoms with E-state index in [1.807, 2.05) is 19.1 Å². The molecule has 1 amide bonds. The first kappa shape index (κ1) is 12.3. The monoisotopic (exact) mass is 268 g/mol. The van der Waals surface area contributed by atoms with E-state index in [0.717, 1.165) is 10.2 Å². The fraction of sp³-hybridized carbons (Fsp3) is 0.333. The van der Waals surface area contributed by atoms with Crippen molar-refractivity contribution in [3.63, 3.8) is 0 Å². The van der Waals surface area contributed by atoms with Gasteiger partial charge in [0.1, 0.15) is 0 Å². The maximum absolute atomic E-state index is 11.5. The molecule has 2 rings (SSSR count). The maximum atomic E-state index is 11.5. The van der Waals surface area contributed by atoms with E-state index in [2.05, 4.69) is 16.4 Å². The summed E-state index contributed by atoms with van der Waals surface area (Å²) in [6.45, 7) is 2.04. The number of halogens is 1. The lowest BCUT2D eigenvalue weighted by molar-refractivity contribution is -0.116. The Balaban J connectivity index is 2.11. The molecule has 0 saturated heterocycles. The molecule has 1 N–H and O–H groups in total. The van der Waals surface area contributed by atoms with Gasteiger partial charge >= 0.3 is 0 Å². The molecule has 2 aromatic rings. The van der Waals surface area contributed by atoms with Crippen LogP contribution in [-0.2, 0) is 4.79 Å². The minimum Gasteiger partial charge on any atom is -0.302 e. The Morgan fingerprint density at radius 2 is 2.35 bits per heavy atom. The standard InChI is InChI=1S/C12H13ClN2OS/c1-8-4-5-9-10(7-8)17-12(14-9)15-11(16)3-2-6-13/h4-5,7H,2-3,6H2,1H3,(H,14,15,16). The summed E-state index contributed by atoms with van der Waals surface area (Å²) in [6, 6.07) is 6.05. The number of aromatic nitrogens is 1. The van der Waals surface area contributed by atoms with Crippen molar-refractivity contribution in [1.29, 1.82) is 0 Å². The van der Waals surface area contributed by atoms with Crippen LogP contribution in [0.15, 0.2) is 18.2 Å². The van der Waals surface area contributed by atoms with Crippen LogP contribution in [0, 0.1) is 6.92 Å². The fourth-order valence-corrected chi connectivity index (χ4v) is 2.61. The topological polar surface area (TPSA) is 42.0 Å². The number of anilines is 1. The molecule has 0 unspecified atom stereocenters. The number of alkyl halides is 1. The lowest BCUT2D eigenvalue weighted by Gasteiger charge is -1.98. The van der Waals surface area contributed by atoms with Crippen LogP contribution in [0.1, 0.15) is 18.4 Å². The van der Waals surface area contributed by atoms with Gasteiger partial charge in [-0.1, -0.05) is 17.4 Å². The molecule has 0 bridgehead atoms. The molecule has 0 fully saturated rings. The van der Waals surface area contributed by atoms with Crippen LogP contribution in [0.2, 0.25) is 0 Å². The van der Waals surface area contributed by atoms with Gasteiger partial charge in [-0.15, -0.1) is 11.6 Å². The van der Waals surface area contributed by atoms with Crippen LogP contribution >= 0.6 is 22.9 Å². The van der Waals surface area contributed by atoms with E-state index < -0.39 is 0 Å². The molecule has 3 nitrogen and oxygen atoms in total. The number of amides is 1. The van der Waals surface area contributed by atoms with Gasteiger partial charge in [0, 0.05) is 12.3 Å². The van der Waals surface area contributed by atoms with Gasteiger partial charge in [-0.2, -0.15) is 0 Å². The van der Waals surface area contributed by atoms with Gasteiger partial charge in [0.2, 0.25) is 5.91 Å². The number of thiazole rings is 1. The van der Waals surface area contributed by atoms with Crippen molar-refractivity contribution in [2.24, 2.45) is 0 Å². The highest BCUT2D eigenvalue weighted by atomic mass is 35.5. The first-order valence-electron chi connectivity index (χ1n) is 5.42. The zero-order chi connectivity index (χ0) is 12.3. The Labute approximate surface area is 109 Å². The number of nitrogens with zero attached hydrogens (tertiary/aromatic N) is 1. The van der Waals surface area contributed by atoms with Crippen LogP contribution in [0.3, 0.4) is 0 Å². The summed E-state index contributed by atoms with van der Waals surface area (Å²) in [5.41, 5.74) is 2.12. The average Bonchev–Trinajstić information content (AvgIpc) is 2.67. The van der Waals surface area contributed by atoms with Gasteiger partial charge in [0.25, 0.3) is 0 Å². The fourth-order valence-electron chi connectivity index (χ4n) is 1.49. The number of benzene rings is 1. The van der Waals surface area contributed by atoms with E-state index in [-0.39, 0.29) is 5.91 Å². The minimum atomic E-state index is -0.0265. The quantitative estimate of drug-likeness (QED) is 0.862. The molecular weight excluding hydrogens is 256 g/mol. The maximum Gasteiger partial charge on any atom is 0.226 e. The number of carbonyl (C=O) groups is 1. The summed E-state index contributed by atoms with van der Waals surface area (Å²) in [6.07, 6.45) is 1.13. The first-order chi connectivity index (χ1) is 8.19. The molecule has 0 aliphatic rings. The third-order valence-electron chi connectivity index (χ3n) is 2.33. The van der Waals surface area contributed by atoms with Crippen LogP contribution in [-0.4, -0.2) is 16.8 Å². The molecule has 0 saturated carbocycles. The summed E-state index contributed by atoms with van der Waals surface area (Å²) < 4.78 is 1.10. The minimum absolute atomic E-state index is 0.0265. The van der Waals surface area contributed by atoms with E-state index >= 15 is 0 Å². The third-order valence-corrected chi connectivity index (χ3v) is 3.53. The van der Waals surface area contributed by atoms with E-state index in [1.54, 1.807) is 0 Å². The predicted octanol–water partition coefficient (Wildman–Crippen LogP) is 3.56. The number of hydrogen-bond acceptors (Lipinski definition) is 3. The average molecular weight is 269 g/mol. The smallest absolute Gasteiger partial charge is 0.226 e. The molecule has 0 spiro atoms. The van der Waals surface area contributed by atoms with Gasteiger partial charge in [0.15, 0.2) is 5.13 Å². The Kier molecular flexibility index (Phi) is 3.97. The molecule has 0 radical (unpaired) electrons. The molecule has 17 heavy (non-hydrogen) atoms. The molecule has 1 aromatic heterocycles. The van der Waals surface area contributed by atoms with Crippen molar-refractivity contribution >= 4 is 44.2 Å². The van der Waals surface area contributed by atoms with Crippen molar-refractivity contribution in [3.8, 4) is 0 Å². The number of nitrogens with one attached hydrogen (secondary N) is 1. The van der Waals surface area contributed by atoms with Gasteiger partial charge in [-0.3, -0.25) is 4.79 Å². The third kappa shape index (κ3) is 3.17. The highest BCUT2D eigenvalue weighted by Gasteiger charge is 2.07. The van der Waals surface area contributed by atoms with Crippen LogP contribution < -0.4 is 5.32 Å². The number of carbonyl (C=O) groups excluding carboxylic acids is 1. The second-order valence-electron chi connectivity index (χ2n) is 3.83. The van der Waals surface area contributed by atoms with Crippen LogP contribution in [0.5, 0.6) is 0 Å². The van der Waals surface area contributed by atoms with Crippen molar-refractivity contribution in [1.82, 2.24) is 4.98 Å². The van der Waals surface area contributed by atoms with Gasteiger partial charge in [0.05, 0.1) is 10.2 Å². The van der Waals surface area contributed by atoms with Crippen LogP contribution in [0.4, 0.5) is 5.13 Å². The zero-order valence-corrected chi connectivity index (χ0v) is 11.1. The zero-order valence-electron chi connectivity index (χ0n) is 9.50. The second kappa shape index (κ2) is 5.47. The molecule has 1 heterocycles. The summed E-state index contributed by atoms with van der Waals surface area (Å²) in [5.74, 6) is 0.480. The van der Waals surface area contributed by atoms with Crippen molar-refractivity contribution in [3.05, 3.63) is 23.8 Å². The van der Waals surface area contributed by atoms with Crippen molar-refractivity contribution in [2.75, 3.05) is 11.2 Å². The molecule has 5 heteroatoms. The summed E-state index contributed by atoms with van der Waals surface area (Å²) in [5, 5.41) is 3.45. The summed E-state index contributed by atoms with van der Waals surface area (Å²) in [7, 11) is 0. The Morgan fingerprint density at radius 1 is 1.53 bits per heavy atom. The number of aryl methyl sites for hydroxylation is 1. The molecule has 0 aliphatic carbocycles. The highest BCUT2D eigenvalue weighted by molar-refractivity contribution is 7.22. The summed E-state index contributed by atoms with van der Waals surface area (Å²) in [4.78, 5) is 15.9. The lowest BCUT2D eigenvalue weighted by atomic mass is 10.2. The normalized spacial score (nSPS) is 10.7. The van der Waals surface area contributed by atoms with Gasteiger partial charge < -0.3 is 5.32 Å². The van der Waals surface area contributed by atoms with Crippen molar-refractivity contribution < 1.29 is 4.79 Å². The lowest BCUT2D eigenvalue weighted by Crippen LogP contribution is -2.10. The Hall–Kier alpha value is -1.13. The molecule has 0 aliphatic heterocycles. The highest BCUT2D eigenvalue weighted by Crippen LogP contribution is 2.26. The SMILES string of the molecule is Cc1ccc2nc(NC(=O)CCCCl)sc2c1. The Bertz CT molecular complexity index is 538. The number of rotatable bonds is 4. The molecule has 0 atom stereocenters. The van der Waals surface area contributed by atoms with Gasteiger partial charge in [-0.05, 0) is 31.0 Å². The first-order valence-corrected chi connectivity index (χ1v) is 6.77.